The minimum atomic E-state index is 0.881. The molecule has 3 rings (SSSR count). The van der Waals surface area contributed by atoms with Crippen LogP contribution in [-0.2, 0) is 6.54 Å². The van der Waals surface area contributed by atoms with E-state index in [1.807, 2.05) is 0 Å². The lowest BCUT2D eigenvalue weighted by molar-refractivity contribution is 0.276. The number of hydrogen-bond donors (Lipinski definition) is 1. The Hall–Kier alpha value is -1.46. The van der Waals surface area contributed by atoms with Crippen LogP contribution in [0.5, 0.6) is 0 Å². The Morgan fingerprint density at radius 2 is 2.22 bits per heavy atom. The first kappa shape index (κ1) is 11.6. The molecule has 0 amide bonds. The third-order valence-electron chi connectivity index (χ3n) is 3.43. The van der Waals surface area contributed by atoms with E-state index in [-0.39, 0.29) is 0 Å². The van der Waals surface area contributed by atoms with Crippen molar-refractivity contribution in [3.05, 3.63) is 29.7 Å². The second-order valence-corrected chi connectivity index (χ2v) is 4.93. The molecule has 0 aliphatic carbocycles. The van der Waals surface area contributed by atoms with E-state index in [0.29, 0.717) is 0 Å². The minimum Gasteiger partial charge on any atom is -0.315 e. The van der Waals surface area contributed by atoms with Gasteiger partial charge < -0.3 is 5.32 Å². The van der Waals surface area contributed by atoms with Crippen molar-refractivity contribution in [3.8, 4) is 0 Å². The van der Waals surface area contributed by atoms with Crippen LogP contribution in [0.3, 0.4) is 0 Å². The number of hydrogen-bond acceptors (Lipinski definition) is 4. The zero-order valence-electron chi connectivity index (χ0n) is 10.8. The molecule has 18 heavy (non-hydrogen) atoms. The van der Waals surface area contributed by atoms with Crippen molar-refractivity contribution in [1.29, 1.82) is 0 Å². The average molecular weight is 245 g/mol. The van der Waals surface area contributed by atoms with Gasteiger partial charge in [-0.05, 0) is 44.1 Å². The highest BCUT2D eigenvalue weighted by atomic mass is 15.3. The molecule has 0 bridgehead atoms. The van der Waals surface area contributed by atoms with Crippen LogP contribution in [0.15, 0.2) is 18.3 Å². The second kappa shape index (κ2) is 5.04. The summed E-state index contributed by atoms with van der Waals surface area (Å²) in [7, 11) is 0. The van der Waals surface area contributed by atoms with Gasteiger partial charge in [-0.1, -0.05) is 0 Å². The largest absolute Gasteiger partial charge is 0.315 e. The summed E-state index contributed by atoms with van der Waals surface area (Å²) in [5, 5.41) is 12.0. The molecule has 1 saturated heterocycles. The highest BCUT2D eigenvalue weighted by Gasteiger charge is 2.12. The van der Waals surface area contributed by atoms with E-state index in [2.05, 4.69) is 50.1 Å². The van der Waals surface area contributed by atoms with Gasteiger partial charge in [0, 0.05) is 19.3 Å². The molecule has 5 nitrogen and oxygen atoms in total. The van der Waals surface area contributed by atoms with Gasteiger partial charge in [-0.25, -0.2) is 0 Å². The molecule has 5 heteroatoms. The zero-order valence-corrected chi connectivity index (χ0v) is 10.8. The van der Waals surface area contributed by atoms with Gasteiger partial charge in [-0.15, -0.1) is 10.2 Å². The van der Waals surface area contributed by atoms with Crippen molar-refractivity contribution in [3.63, 3.8) is 0 Å². The van der Waals surface area contributed by atoms with Gasteiger partial charge >= 0.3 is 0 Å². The average Bonchev–Trinajstić information content (AvgIpc) is 2.59. The standard InChI is InChI=1S/C13H19N5/c1-11-3-7-18-12(9-11)15-16-13(18)10-17-6-2-4-14-5-8-17/h3,7,9,14H,2,4-6,8,10H2,1H3. The molecule has 96 valence electrons. The lowest BCUT2D eigenvalue weighted by atomic mass is 10.3. The Morgan fingerprint density at radius 1 is 1.28 bits per heavy atom. The highest BCUT2D eigenvalue weighted by molar-refractivity contribution is 5.40. The second-order valence-electron chi connectivity index (χ2n) is 4.93. The van der Waals surface area contributed by atoms with Crippen molar-refractivity contribution in [1.82, 2.24) is 24.8 Å². The summed E-state index contributed by atoms with van der Waals surface area (Å²) in [4.78, 5) is 2.44. The fourth-order valence-electron chi connectivity index (χ4n) is 2.41. The third-order valence-corrected chi connectivity index (χ3v) is 3.43. The fraction of sp³-hybridized carbons (Fsp3) is 0.538. The summed E-state index contributed by atoms with van der Waals surface area (Å²) in [6.45, 7) is 7.36. The Labute approximate surface area is 107 Å². The summed E-state index contributed by atoms with van der Waals surface area (Å²) in [5.41, 5.74) is 2.17. The number of aromatic nitrogens is 3. The molecular weight excluding hydrogens is 226 g/mol. The van der Waals surface area contributed by atoms with Gasteiger partial charge in [0.25, 0.3) is 0 Å². The minimum absolute atomic E-state index is 0.881. The van der Waals surface area contributed by atoms with E-state index in [9.17, 15) is 0 Å². The summed E-state index contributed by atoms with van der Waals surface area (Å²) in [6.07, 6.45) is 3.27. The smallest absolute Gasteiger partial charge is 0.161 e. The van der Waals surface area contributed by atoms with E-state index in [1.165, 1.54) is 12.0 Å². The lowest BCUT2D eigenvalue weighted by Crippen LogP contribution is -2.28. The topological polar surface area (TPSA) is 45.5 Å². The van der Waals surface area contributed by atoms with Gasteiger partial charge in [0.15, 0.2) is 11.5 Å². The molecule has 1 aliphatic rings. The molecule has 2 aromatic rings. The number of rotatable bonds is 2. The predicted molar refractivity (Wildman–Crippen MR) is 70.5 cm³/mol. The van der Waals surface area contributed by atoms with Crippen molar-refractivity contribution < 1.29 is 0 Å². The maximum absolute atomic E-state index is 4.31. The number of nitrogens with one attached hydrogen (secondary N) is 1. The summed E-state index contributed by atoms with van der Waals surface area (Å²) in [5.74, 6) is 1.03. The van der Waals surface area contributed by atoms with E-state index in [1.54, 1.807) is 0 Å². The fourth-order valence-corrected chi connectivity index (χ4v) is 2.41. The van der Waals surface area contributed by atoms with E-state index >= 15 is 0 Å². The molecule has 0 atom stereocenters. The van der Waals surface area contributed by atoms with Crippen LogP contribution >= 0.6 is 0 Å². The molecule has 0 spiro atoms. The monoisotopic (exact) mass is 245 g/mol. The van der Waals surface area contributed by atoms with E-state index in [0.717, 1.165) is 44.2 Å². The zero-order chi connectivity index (χ0) is 12.4. The van der Waals surface area contributed by atoms with Crippen molar-refractivity contribution in [2.75, 3.05) is 26.2 Å². The van der Waals surface area contributed by atoms with Gasteiger partial charge in [-0.3, -0.25) is 9.30 Å². The number of aryl methyl sites for hydroxylation is 1. The molecule has 1 aliphatic heterocycles. The van der Waals surface area contributed by atoms with Gasteiger partial charge in [0.2, 0.25) is 0 Å². The molecule has 0 radical (unpaired) electrons. The molecule has 1 fully saturated rings. The normalized spacial score (nSPS) is 18.1. The third kappa shape index (κ3) is 2.37. The van der Waals surface area contributed by atoms with Crippen LogP contribution in [-0.4, -0.2) is 45.7 Å². The maximum Gasteiger partial charge on any atom is 0.161 e. The number of fused-ring (bicyclic) bond motifs is 1. The lowest BCUT2D eigenvalue weighted by Gasteiger charge is -2.17. The Morgan fingerprint density at radius 3 is 3.17 bits per heavy atom. The van der Waals surface area contributed by atoms with Crippen molar-refractivity contribution in [2.45, 2.75) is 19.9 Å². The summed E-state index contributed by atoms with van der Waals surface area (Å²) < 4.78 is 2.09. The van der Waals surface area contributed by atoms with Crippen LogP contribution in [0.2, 0.25) is 0 Å². The van der Waals surface area contributed by atoms with E-state index in [4.69, 9.17) is 0 Å². The van der Waals surface area contributed by atoms with Crippen LogP contribution in [0.1, 0.15) is 17.8 Å². The highest BCUT2D eigenvalue weighted by Crippen LogP contribution is 2.09. The molecule has 3 heterocycles. The van der Waals surface area contributed by atoms with E-state index < -0.39 is 0 Å². The molecule has 0 unspecified atom stereocenters. The van der Waals surface area contributed by atoms with Gasteiger partial charge in [0.1, 0.15) is 0 Å². The van der Waals surface area contributed by atoms with Gasteiger partial charge in [0.05, 0.1) is 6.54 Å². The predicted octanol–water partition coefficient (Wildman–Crippen LogP) is 0.833. The van der Waals surface area contributed by atoms with Crippen LogP contribution in [0.25, 0.3) is 5.65 Å². The number of pyridine rings is 1. The quantitative estimate of drug-likeness (QED) is 0.851. The molecular formula is C13H19N5. The Bertz CT molecular complexity index is 525. The first-order chi connectivity index (χ1) is 8.83. The molecule has 0 aromatic carbocycles. The van der Waals surface area contributed by atoms with Crippen molar-refractivity contribution >= 4 is 5.65 Å². The Balaban J connectivity index is 1.81. The van der Waals surface area contributed by atoms with Crippen LogP contribution in [0, 0.1) is 6.92 Å². The van der Waals surface area contributed by atoms with Gasteiger partial charge in [-0.2, -0.15) is 0 Å². The summed E-state index contributed by atoms with van der Waals surface area (Å²) >= 11 is 0. The molecule has 2 aromatic heterocycles. The van der Waals surface area contributed by atoms with Crippen LogP contribution < -0.4 is 5.32 Å². The first-order valence-corrected chi connectivity index (χ1v) is 6.56. The Kier molecular flexibility index (Phi) is 3.25. The number of nitrogens with zero attached hydrogens (tertiary/aromatic N) is 4. The first-order valence-electron chi connectivity index (χ1n) is 6.56. The van der Waals surface area contributed by atoms with Crippen LogP contribution in [0.4, 0.5) is 0 Å². The van der Waals surface area contributed by atoms with Crippen molar-refractivity contribution in [2.24, 2.45) is 0 Å². The summed E-state index contributed by atoms with van der Waals surface area (Å²) in [6, 6.07) is 4.17. The maximum atomic E-state index is 4.31. The molecule has 1 N–H and O–H groups in total. The molecule has 0 saturated carbocycles. The SMILES string of the molecule is Cc1ccn2c(CN3CCCNCC3)nnc2c1.